The van der Waals surface area contributed by atoms with Crippen LogP contribution in [0.2, 0.25) is 0 Å². The SMILES string of the molecule is CCCCCCCCCCCCCCCCCCCCCC(=O)O[C@H](COC(=O)CCCCCCCCCCCCCCCCCC)COP(=O)(O)OC[C@@H](O)COP(=O)(O)OC[C@@H](COC(=O)CCCCCCCCCCCC)OC(=O)CCCCCCCCCCCC. The highest BCUT2D eigenvalue weighted by Crippen LogP contribution is 2.45. The Morgan fingerprint density at radius 3 is 0.621 bits per heavy atom. The standard InChI is InChI=1S/C76H148O17P2/c1-5-9-13-17-21-25-29-31-33-35-36-37-39-41-43-47-51-55-59-63-76(81)93-72(67-87-74(79)61-57-53-49-46-42-40-38-34-32-30-26-22-18-14-10-6-2)69-91-95(84,85)89-65-70(77)64-88-94(82,83)90-68-71(92-75(80)62-58-54-50-45-28-24-20-16-12-8-4)66-86-73(78)60-56-52-48-44-27-23-19-15-11-7-3/h70-72,77H,5-69H2,1-4H3,(H,82,83)(H,84,85)/t70-,71+,72+/m0/s1. The van der Waals surface area contributed by atoms with E-state index in [9.17, 15) is 43.2 Å². The molecule has 0 heterocycles. The van der Waals surface area contributed by atoms with Gasteiger partial charge in [0.1, 0.15) is 19.3 Å². The molecular formula is C76H148O17P2. The Kier molecular flexibility index (Phi) is 69.1. The van der Waals surface area contributed by atoms with Crippen molar-refractivity contribution in [3.63, 3.8) is 0 Å². The molecule has 0 spiro atoms. The molecule has 0 amide bonds. The predicted octanol–water partition coefficient (Wildman–Crippen LogP) is 22.6. The van der Waals surface area contributed by atoms with Crippen LogP contribution >= 0.6 is 15.6 Å². The smallest absolute Gasteiger partial charge is 0.462 e. The minimum Gasteiger partial charge on any atom is -0.462 e. The maximum Gasteiger partial charge on any atom is 0.472 e. The van der Waals surface area contributed by atoms with Crippen molar-refractivity contribution in [3.05, 3.63) is 0 Å². The number of hydrogen-bond donors (Lipinski definition) is 3. The monoisotopic (exact) mass is 1400 g/mol. The Morgan fingerprint density at radius 2 is 0.421 bits per heavy atom. The molecule has 0 aliphatic heterocycles. The molecule has 19 heteroatoms. The summed E-state index contributed by atoms with van der Waals surface area (Å²) in [5.74, 6) is -2.11. The van der Waals surface area contributed by atoms with Gasteiger partial charge in [-0.05, 0) is 25.7 Å². The number of carbonyl (C=O) groups is 4. The van der Waals surface area contributed by atoms with Crippen LogP contribution < -0.4 is 0 Å². The van der Waals surface area contributed by atoms with Gasteiger partial charge in [-0.25, -0.2) is 9.13 Å². The minimum absolute atomic E-state index is 0.107. The molecule has 3 N–H and O–H groups in total. The highest BCUT2D eigenvalue weighted by Gasteiger charge is 2.30. The molecule has 17 nitrogen and oxygen atoms in total. The van der Waals surface area contributed by atoms with Crippen molar-refractivity contribution in [2.75, 3.05) is 39.6 Å². The Hall–Kier alpha value is -1.94. The van der Waals surface area contributed by atoms with Crippen LogP contribution in [0.3, 0.4) is 0 Å². The van der Waals surface area contributed by atoms with E-state index in [1.807, 2.05) is 0 Å². The number of aliphatic hydroxyl groups is 1. The van der Waals surface area contributed by atoms with Crippen LogP contribution in [0.4, 0.5) is 0 Å². The molecule has 0 aromatic carbocycles. The fourth-order valence-electron chi connectivity index (χ4n) is 11.8. The van der Waals surface area contributed by atoms with E-state index in [1.54, 1.807) is 0 Å². The van der Waals surface area contributed by atoms with Gasteiger partial charge in [0.25, 0.3) is 0 Å². The summed E-state index contributed by atoms with van der Waals surface area (Å²) in [5, 5.41) is 10.6. The molecule has 95 heavy (non-hydrogen) atoms. The average molecular weight is 1400 g/mol. The van der Waals surface area contributed by atoms with Gasteiger partial charge in [0.05, 0.1) is 26.4 Å². The molecule has 0 saturated carbocycles. The zero-order valence-corrected chi connectivity index (χ0v) is 63.4. The van der Waals surface area contributed by atoms with Crippen LogP contribution in [0.1, 0.15) is 407 Å². The fraction of sp³-hybridized carbons (Fsp3) is 0.947. The van der Waals surface area contributed by atoms with Gasteiger partial charge < -0.3 is 33.8 Å². The first-order chi connectivity index (χ1) is 46.2. The van der Waals surface area contributed by atoms with Gasteiger partial charge in [0.2, 0.25) is 0 Å². The number of unbranched alkanes of at least 4 members (excludes halogenated alkanes) is 51. The quantitative estimate of drug-likeness (QED) is 0.0222. The summed E-state index contributed by atoms with van der Waals surface area (Å²) in [7, 11) is -9.90. The van der Waals surface area contributed by atoms with E-state index in [4.69, 9.17) is 37.0 Å². The van der Waals surface area contributed by atoms with Crippen LogP contribution in [0.15, 0.2) is 0 Å². The Balaban J connectivity index is 5.20. The van der Waals surface area contributed by atoms with E-state index in [0.717, 1.165) is 89.9 Å². The molecule has 5 atom stereocenters. The summed E-state index contributed by atoms with van der Waals surface area (Å²) in [4.78, 5) is 72.7. The summed E-state index contributed by atoms with van der Waals surface area (Å²) < 4.78 is 68.5. The van der Waals surface area contributed by atoms with Gasteiger partial charge in [0.15, 0.2) is 12.2 Å². The van der Waals surface area contributed by atoms with E-state index in [0.29, 0.717) is 25.7 Å². The van der Waals surface area contributed by atoms with Gasteiger partial charge in [0, 0.05) is 25.7 Å². The molecule has 0 fully saturated rings. The zero-order valence-electron chi connectivity index (χ0n) is 61.6. The minimum atomic E-state index is -4.96. The lowest BCUT2D eigenvalue weighted by Gasteiger charge is -2.21. The molecular weight excluding hydrogens is 1250 g/mol. The molecule has 564 valence electrons. The summed E-state index contributed by atoms with van der Waals surface area (Å²) in [6.45, 7) is 4.97. The molecule has 0 aliphatic carbocycles. The first kappa shape index (κ1) is 93.1. The first-order valence-electron chi connectivity index (χ1n) is 39.8. The van der Waals surface area contributed by atoms with Crippen molar-refractivity contribution in [2.45, 2.75) is 425 Å². The maximum absolute atomic E-state index is 13.1. The second-order valence-electron chi connectivity index (χ2n) is 27.4. The molecule has 0 aliphatic rings. The van der Waals surface area contributed by atoms with Crippen molar-refractivity contribution in [1.82, 2.24) is 0 Å². The van der Waals surface area contributed by atoms with E-state index < -0.39 is 97.5 Å². The normalized spacial score (nSPS) is 13.9. The number of hydrogen-bond acceptors (Lipinski definition) is 15. The van der Waals surface area contributed by atoms with E-state index >= 15 is 0 Å². The highest BCUT2D eigenvalue weighted by atomic mass is 31.2. The predicted molar refractivity (Wildman–Crippen MR) is 386 cm³/mol. The van der Waals surface area contributed by atoms with Gasteiger partial charge in [-0.15, -0.1) is 0 Å². The van der Waals surface area contributed by atoms with Crippen LogP contribution in [0.25, 0.3) is 0 Å². The highest BCUT2D eigenvalue weighted by molar-refractivity contribution is 7.47. The Morgan fingerprint density at radius 1 is 0.253 bits per heavy atom. The van der Waals surface area contributed by atoms with Gasteiger partial charge >= 0.3 is 39.5 Å². The van der Waals surface area contributed by atoms with Crippen molar-refractivity contribution in [3.8, 4) is 0 Å². The van der Waals surface area contributed by atoms with Gasteiger partial charge in [-0.2, -0.15) is 0 Å². The second kappa shape index (κ2) is 70.5. The average Bonchev–Trinajstić information content (AvgIpc) is 1.40. The summed E-state index contributed by atoms with van der Waals surface area (Å²) in [6, 6.07) is 0. The third kappa shape index (κ3) is 70.3. The van der Waals surface area contributed by atoms with Gasteiger partial charge in [-0.3, -0.25) is 37.3 Å². The lowest BCUT2D eigenvalue weighted by atomic mass is 10.0. The maximum atomic E-state index is 13.1. The second-order valence-corrected chi connectivity index (χ2v) is 30.3. The van der Waals surface area contributed by atoms with E-state index in [1.165, 1.54) is 238 Å². The first-order valence-corrected chi connectivity index (χ1v) is 42.8. The van der Waals surface area contributed by atoms with E-state index in [-0.39, 0.29) is 25.7 Å². The number of ether oxygens (including phenoxy) is 4. The number of carbonyl (C=O) groups excluding carboxylic acids is 4. The van der Waals surface area contributed by atoms with Crippen LogP contribution in [0, 0.1) is 0 Å². The molecule has 0 radical (unpaired) electrons. The lowest BCUT2D eigenvalue weighted by Crippen LogP contribution is -2.30. The third-order valence-electron chi connectivity index (χ3n) is 17.9. The van der Waals surface area contributed by atoms with Crippen LogP contribution in [-0.2, 0) is 65.4 Å². The number of aliphatic hydroxyl groups excluding tert-OH is 1. The topological polar surface area (TPSA) is 237 Å². The number of rotatable bonds is 77. The van der Waals surface area contributed by atoms with Crippen molar-refractivity contribution < 1.29 is 80.2 Å². The molecule has 0 aromatic rings. The van der Waals surface area contributed by atoms with Crippen LogP contribution in [0.5, 0.6) is 0 Å². The molecule has 0 bridgehead atoms. The molecule has 0 rings (SSSR count). The zero-order chi connectivity index (χ0) is 69.7. The van der Waals surface area contributed by atoms with Gasteiger partial charge in [-0.1, -0.05) is 355 Å². The molecule has 0 aromatic heterocycles. The summed E-state index contributed by atoms with van der Waals surface area (Å²) in [5.41, 5.74) is 0. The summed E-state index contributed by atoms with van der Waals surface area (Å²) in [6.07, 6.45) is 61.0. The largest absolute Gasteiger partial charge is 0.472 e. The van der Waals surface area contributed by atoms with Crippen molar-refractivity contribution in [2.24, 2.45) is 0 Å². The Bertz CT molecular complexity index is 1810. The fourth-order valence-corrected chi connectivity index (χ4v) is 13.3. The molecule has 0 saturated heterocycles. The molecule has 2 unspecified atom stereocenters. The number of esters is 4. The number of phosphoric acid groups is 2. The Labute approximate surface area is 581 Å². The lowest BCUT2D eigenvalue weighted by molar-refractivity contribution is -0.161. The van der Waals surface area contributed by atoms with Crippen molar-refractivity contribution in [1.29, 1.82) is 0 Å². The number of phosphoric ester groups is 2. The summed E-state index contributed by atoms with van der Waals surface area (Å²) >= 11 is 0. The third-order valence-corrected chi connectivity index (χ3v) is 19.8. The van der Waals surface area contributed by atoms with Crippen molar-refractivity contribution >= 4 is 39.5 Å². The van der Waals surface area contributed by atoms with E-state index in [2.05, 4.69) is 27.7 Å². The van der Waals surface area contributed by atoms with Crippen LogP contribution in [-0.4, -0.2) is 96.7 Å².